The van der Waals surface area contributed by atoms with Crippen LogP contribution in [-0.4, -0.2) is 11.1 Å². The molecule has 2 nitrogen and oxygen atoms in total. The third-order valence-corrected chi connectivity index (χ3v) is 4.06. The molecule has 0 spiro atoms. The highest BCUT2D eigenvalue weighted by molar-refractivity contribution is 6.31. The van der Waals surface area contributed by atoms with Crippen LogP contribution in [0.15, 0.2) is 12.1 Å². The average molecular weight is 238 g/mol. The van der Waals surface area contributed by atoms with Crippen LogP contribution in [-0.2, 0) is 0 Å². The Kier molecular flexibility index (Phi) is 2.37. The van der Waals surface area contributed by atoms with Crippen molar-refractivity contribution in [3.8, 4) is 0 Å². The van der Waals surface area contributed by atoms with Gasteiger partial charge in [0.25, 0.3) is 0 Å². The number of rotatable bonds is 1. The van der Waals surface area contributed by atoms with Crippen molar-refractivity contribution in [1.82, 2.24) is 0 Å². The third-order valence-electron chi connectivity index (χ3n) is 3.73. The summed E-state index contributed by atoms with van der Waals surface area (Å²) >= 11 is 6.15. The van der Waals surface area contributed by atoms with E-state index in [1.165, 1.54) is 18.4 Å². The Morgan fingerprint density at radius 2 is 2.12 bits per heavy atom. The maximum atomic E-state index is 10.2. The first-order chi connectivity index (χ1) is 7.66. The average Bonchev–Trinajstić information content (AvgIpc) is 3.06. The molecule has 16 heavy (non-hydrogen) atoms. The van der Waals surface area contributed by atoms with Crippen LogP contribution < -0.4 is 5.32 Å². The lowest BCUT2D eigenvalue weighted by Gasteiger charge is -2.32. The molecular weight excluding hydrogens is 222 g/mol. The fraction of sp³-hybridized carbons (Fsp3) is 0.538. The minimum Gasteiger partial charge on any atom is -0.388 e. The van der Waals surface area contributed by atoms with E-state index in [2.05, 4.69) is 12.2 Å². The van der Waals surface area contributed by atoms with Crippen LogP contribution in [0.3, 0.4) is 0 Å². The second kappa shape index (κ2) is 3.64. The van der Waals surface area contributed by atoms with Gasteiger partial charge in [0.2, 0.25) is 0 Å². The third kappa shape index (κ3) is 1.61. The molecule has 0 saturated heterocycles. The van der Waals surface area contributed by atoms with Crippen molar-refractivity contribution >= 4 is 17.3 Å². The van der Waals surface area contributed by atoms with Gasteiger partial charge in [-0.25, -0.2) is 0 Å². The van der Waals surface area contributed by atoms with Crippen molar-refractivity contribution < 1.29 is 5.11 Å². The number of nitrogens with one attached hydrogen (secondary N) is 1. The predicted octanol–water partition coefficient (Wildman–Crippen LogP) is 3.28. The largest absolute Gasteiger partial charge is 0.388 e. The van der Waals surface area contributed by atoms with E-state index in [1.54, 1.807) is 0 Å². The summed E-state index contributed by atoms with van der Waals surface area (Å²) < 4.78 is 0. The molecule has 0 bridgehead atoms. The zero-order valence-electron chi connectivity index (χ0n) is 9.33. The lowest BCUT2D eigenvalue weighted by atomic mass is 9.91. The first-order valence-corrected chi connectivity index (χ1v) is 6.28. The summed E-state index contributed by atoms with van der Waals surface area (Å²) in [6.45, 7) is 2.06. The second-order valence-corrected chi connectivity index (χ2v) is 5.40. The summed E-state index contributed by atoms with van der Waals surface area (Å²) in [5.41, 5.74) is 3.12. The molecule has 0 radical (unpaired) electrons. The Morgan fingerprint density at radius 3 is 2.81 bits per heavy atom. The van der Waals surface area contributed by atoms with E-state index in [-0.39, 0.29) is 0 Å². The Balaban J connectivity index is 2.02. The summed E-state index contributed by atoms with van der Waals surface area (Å²) in [5, 5.41) is 14.4. The molecule has 86 valence electrons. The second-order valence-electron chi connectivity index (χ2n) is 4.99. The monoisotopic (exact) mass is 237 g/mol. The van der Waals surface area contributed by atoms with E-state index in [0.717, 1.165) is 23.6 Å². The van der Waals surface area contributed by atoms with Crippen LogP contribution in [0.4, 0.5) is 5.69 Å². The molecule has 2 aliphatic rings. The SMILES string of the molecule is Cc1ccc(Cl)c2c1NC(C1CC1)CC2O. The Hall–Kier alpha value is -0.730. The molecule has 1 fully saturated rings. The quantitative estimate of drug-likeness (QED) is 0.786. The van der Waals surface area contributed by atoms with Gasteiger partial charge >= 0.3 is 0 Å². The van der Waals surface area contributed by atoms with E-state index in [1.807, 2.05) is 12.1 Å². The highest BCUT2D eigenvalue weighted by Gasteiger charge is 2.37. The molecule has 1 aromatic rings. The number of aliphatic hydroxyl groups is 1. The summed E-state index contributed by atoms with van der Waals surface area (Å²) in [6.07, 6.45) is 2.97. The minimum absolute atomic E-state index is 0.408. The molecule has 1 aromatic carbocycles. The number of fused-ring (bicyclic) bond motifs is 1. The van der Waals surface area contributed by atoms with Crippen molar-refractivity contribution in [2.75, 3.05) is 5.32 Å². The highest BCUT2D eigenvalue weighted by Crippen LogP contribution is 2.45. The Labute approximate surface area is 101 Å². The van der Waals surface area contributed by atoms with Gasteiger partial charge in [0.05, 0.1) is 6.10 Å². The Morgan fingerprint density at radius 1 is 1.38 bits per heavy atom. The van der Waals surface area contributed by atoms with Crippen LogP contribution in [0.2, 0.25) is 5.02 Å². The lowest BCUT2D eigenvalue weighted by Crippen LogP contribution is -2.30. The first-order valence-electron chi connectivity index (χ1n) is 5.90. The predicted molar refractivity (Wildman–Crippen MR) is 65.9 cm³/mol. The van der Waals surface area contributed by atoms with Crippen molar-refractivity contribution in [3.63, 3.8) is 0 Å². The molecular formula is C13H16ClNO. The number of anilines is 1. The first kappa shape index (κ1) is 10.4. The number of hydrogen-bond acceptors (Lipinski definition) is 2. The normalized spacial score (nSPS) is 28.4. The van der Waals surface area contributed by atoms with E-state index >= 15 is 0 Å². The molecule has 1 aliphatic heterocycles. The van der Waals surface area contributed by atoms with E-state index in [4.69, 9.17) is 11.6 Å². The van der Waals surface area contributed by atoms with Crippen molar-refractivity contribution in [1.29, 1.82) is 0 Å². The van der Waals surface area contributed by atoms with Crippen molar-refractivity contribution in [2.24, 2.45) is 5.92 Å². The summed E-state index contributed by atoms with van der Waals surface area (Å²) in [4.78, 5) is 0. The standard InChI is InChI=1S/C13H16ClNO/c1-7-2-5-9(14)12-11(16)6-10(8-3-4-8)15-13(7)12/h2,5,8,10-11,15-16H,3-4,6H2,1H3. The molecule has 0 amide bonds. The van der Waals surface area contributed by atoms with Gasteiger partial charge in [0, 0.05) is 22.3 Å². The smallest absolute Gasteiger partial charge is 0.0844 e. The molecule has 3 heteroatoms. The fourth-order valence-electron chi connectivity index (χ4n) is 2.63. The lowest BCUT2D eigenvalue weighted by molar-refractivity contribution is 0.152. The number of benzene rings is 1. The van der Waals surface area contributed by atoms with Gasteiger partial charge < -0.3 is 10.4 Å². The molecule has 0 aromatic heterocycles. The van der Waals surface area contributed by atoms with Gasteiger partial charge in [0.1, 0.15) is 0 Å². The maximum absolute atomic E-state index is 10.2. The zero-order chi connectivity index (χ0) is 11.3. The summed E-state index contributed by atoms with van der Waals surface area (Å²) in [6, 6.07) is 4.31. The van der Waals surface area contributed by atoms with Crippen LogP contribution >= 0.6 is 11.6 Å². The summed E-state index contributed by atoms with van der Waals surface area (Å²) in [5.74, 6) is 0.751. The van der Waals surface area contributed by atoms with Gasteiger partial charge in [-0.05, 0) is 43.7 Å². The van der Waals surface area contributed by atoms with Gasteiger partial charge in [0.15, 0.2) is 0 Å². The fourth-order valence-corrected chi connectivity index (χ4v) is 2.92. The van der Waals surface area contributed by atoms with Gasteiger partial charge in [-0.1, -0.05) is 17.7 Å². The molecule has 1 heterocycles. The van der Waals surface area contributed by atoms with E-state index in [9.17, 15) is 5.11 Å². The van der Waals surface area contributed by atoms with Crippen molar-refractivity contribution in [3.05, 3.63) is 28.3 Å². The van der Waals surface area contributed by atoms with Crippen LogP contribution in [0.25, 0.3) is 0 Å². The van der Waals surface area contributed by atoms with Gasteiger partial charge in [-0.2, -0.15) is 0 Å². The highest BCUT2D eigenvalue weighted by atomic mass is 35.5. The topological polar surface area (TPSA) is 32.3 Å². The van der Waals surface area contributed by atoms with E-state index < -0.39 is 6.10 Å². The van der Waals surface area contributed by atoms with E-state index in [0.29, 0.717) is 11.1 Å². The van der Waals surface area contributed by atoms with Crippen LogP contribution in [0, 0.1) is 12.8 Å². The molecule has 2 unspecified atom stereocenters. The number of aryl methyl sites for hydroxylation is 1. The number of aliphatic hydroxyl groups excluding tert-OH is 1. The zero-order valence-corrected chi connectivity index (χ0v) is 10.1. The van der Waals surface area contributed by atoms with Gasteiger partial charge in [-0.3, -0.25) is 0 Å². The molecule has 3 rings (SSSR count). The van der Waals surface area contributed by atoms with Crippen LogP contribution in [0.5, 0.6) is 0 Å². The number of halogens is 1. The molecule has 1 saturated carbocycles. The van der Waals surface area contributed by atoms with Crippen LogP contribution in [0.1, 0.15) is 36.5 Å². The summed E-state index contributed by atoms with van der Waals surface area (Å²) in [7, 11) is 0. The van der Waals surface area contributed by atoms with Gasteiger partial charge in [-0.15, -0.1) is 0 Å². The molecule has 2 atom stereocenters. The number of hydrogen-bond donors (Lipinski definition) is 2. The minimum atomic E-state index is -0.408. The molecule has 1 aliphatic carbocycles. The maximum Gasteiger partial charge on any atom is 0.0844 e. The van der Waals surface area contributed by atoms with Crippen molar-refractivity contribution in [2.45, 2.75) is 38.3 Å². The molecule has 2 N–H and O–H groups in total. The Bertz CT molecular complexity index is 428.